The van der Waals surface area contributed by atoms with Gasteiger partial charge in [-0.15, -0.1) is 0 Å². The van der Waals surface area contributed by atoms with Crippen molar-refractivity contribution in [2.75, 3.05) is 6.61 Å². The molecule has 0 aromatic heterocycles. The maximum Gasteiger partial charge on any atom is 0.320 e. The number of ether oxygens (including phenoxy) is 1. The summed E-state index contributed by atoms with van der Waals surface area (Å²) in [6.45, 7) is 13.3. The molecule has 0 aromatic carbocycles. The van der Waals surface area contributed by atoms with E-state index in [1.54, 1.807) is 0 Å². The van der Waals surface area contributed by atoms with Gasteiger partial charge in [0.2, 0.25) is 8.32 Å². The molecule has 0 N–H and O–H groups in total. The first kappa shape index (κ1) is 20.6. The van der Waals surface area contributed by atoms with Gasteiger partial charge in [0, 0.05) is 29.0 Å². The molecule has 0 aromatic rings. The van der Waals surface area contributed by atoms with Crippen LogP contribution in [0.1, 0.15) is 53.4 Å². The number of hydrogen-bond donors (Lipinski definition) is 0. The summed E-state index contributed by atoms with van der Waals surface area (Å²) in [6.07, 6.45) is 5.22. The Kier molecular flexibility index (Phi) is 7.21. The minimum absolute atomic E-state index is 0.0840. The molecule has 0 radical (unpaired) electrons. The molecule has 0 saturated heterocycles. The summed E-state index contributed by atoms with van der Waals surface area (Å²) in [6, 6.07) is 0. The van der Waals surface area contributed by atoms with Crippen LogP contribution in [-0.4, -0.2) is 20.9 Å². The van der Waals surface area contributed by atoms with Gasteiger partial charge in [-0.05, 0) is 54.3 Å². The van der Waals surface area contributed by atoms with Gasteiger partial charge in [0.25, 0.3) is 0 Å². The van der Waals surface area contributed by atoms with Crippen LogP contribution in [0.15, 0.2) is 11.8 Å². The van der Waals surface area contributed by atoms with Crippen molar-refractivity contribution in [3.05, 3.63) is 11.8 Å². The lowest BCUT2D eigenvalue weighted by atomic mass is 9.75. The molecule has 1 rings (SSSR count). The Hall–Kier alpha value is -0.483. The molecule has 1 atom stereocenters. The Morgan fingerprint density at radius 3 is 2.61 bits per heavy atom. The lowest BCUT2D eigenvalue weighted by Crippen LogP contribution is -2.46. The van der Waals surface area contributed by atoms with Gasteiger partial charge in [-0.3, -0.25) is 4.79 Å². The molecule has 0 spiro atoms. The molecule has 23 heavy (non-hydrogen) atoms. The van der Waals surface area contributed by atoms with Gasteiger partial charge in [0.05, 0.1) is 12.4 Å². The second-order valence-corrected chi connectivity index (χ2v) is 12.8. The summed E-state index contributed by atoms with van der Waals surface area (Å²) in [4.78, 5) is 12.8. The second-order valence-electron chi connectivity index (χ2n) is 7.57. The topological polar surface area (TPSA) is 35.5 Å². The van der Waals surface area contributed by atoms with E-state index in [0.29, 0.717) is 13.0 Å². The van der Waals surface area contributed by atoms with E-state index < -0.39 is 13.7 Å². The molecule has 0 fully saturated rings. The van der Waals surface area contributed by atoms with Gasteiger partial charge in [-0.1, -0.05) is 26.7 Å². The molecule has 5 heteroatoms. The number of carbonyl (C=O) groups is 1. The molecular formula is C18H29IO3Si. The number of halogens is 1. The molecule has 3 nitrogen and oxygen atoms in total. The first-order valence-electron chi connectivity index (χ1n) is 8.26. The zero-order valence-corrected chi connectivity index (χ0v) is 18.4. The van der Waals surface area contributed by atoms with Crippen molar-refractivity contribution in [3.63, 3.8) is 0 Å². The predicted molar refractivity (Wildman–Crippen MR) is 106 cm³/mol. The maximum absolute atomic E-state index is 12.8. The zero-order valence-electron chi connectivity index (χ0n) is 15.2. The van der Waals surface area contributed by atoms with Crippen molar-refractivity contribution in [3.8, 4) is 9.85 Å². The summed E-state index contributed by atoms with van der Waals surface area (Å²) >= 11 is 2.02. The third-order valence-corrected chi connectivity index (χ3v) is 9.63. The summed E-state index contributed by atoms with van der Waals surface area (Å²) in [7, 11) is -2.02. The molecule has 1 unspecified atom stereocenters. The molecule has 1 aliphatic rings. The van der Waals surface area contributed by atoms with Crippen molar-refractivity contribution < 1.29 is 14.0 Å². The molecule has 0 amide bonds. The van der Waals surface area contributed by atoms with Gasteiger partial charge < -0.3 is 9.16 Å². The van der Waals surface area contributed by atoms with E-state index in [4.69, 9.17) is 9.16 Å². The Bertz CT molecular complexity index is 523. The molecular weight excluding hydrogens is 419 g/mol. The monoisotopic (exact) mass is 448 g/mol. The minimum Gasteiger partial charge on any atom is -0.546 e. The van der Waals surface area contributed by atoms with Crippen LogP contribution in [0.2, 0.25) is 18.1 Å². The normalized spacial score (nSPS) is 21.8. The average Bonchev–Trinajstić information content (AvgIpc) is 2.45. The number of rotatable bonds is 5. The lowest BCUT2D eigenvalue weighted by Gasteiger charge is -2.43. The van der Waals surface area contributed by atoms with E-state index in [2.05, 4.69) is 49.8 Å². The average molecular weight is 448 g/mol. The quantitative estimate of drug-likeness (QED) is 0.244. The molecule has 1 aliphatic carbocycles. The number of esters is 1. The summed E-state index contributed by atoms with van der Waals surface area (Å²) < 4.78 is 14.8. The third kappa shape index (κ3) is 4.76. The predicted octanol–water partition coefficient (Wildman–Crippen LogP) is 5.41. The largest absolute Gasteiger partial charge is 0.546 e. The highest BCUT2D eigenvalue weighted by Gasteiger charge is 2.49. The van der Waals surface area contributed by atoms with Crippen LogP contribution in [0.3, 0.4) is 0 Å². The smallest absolute Gasteiger partial charge is 0.320 e. The van der Waals surface area contributed by atoms with Crippen molar-refractivity contribution in [1.82, 2.24) is 0 Å². The van der Waals surface area contributed by atoms with E-state index >= 15 is 0 Å². The van der Waals surface area contributed by atoms with Crippen LogP contribution < -0.4 is 0 Å². The minimum atomic E-state index is -2.02. The van der Waals surface area contributed by atoms with Crippen LogP contribution in [0, 0.1) is 15.3 Å². The van der Waals surface area contributed by atoms with E-state index in [0.717, 1.165) is 25.0 Å². The van der Waals surface area contributed by atoms with Crippen LogP contribution in [-0.2, 0) is 14.0 Å². The van der Waals surface area contributed by atoms with Crippen molar-refractivity contribution in [2.24, 2.45) is 5.41 Å². The summed E-state index contributed by atoms with van der Waals surface area (Å²) in [5.41, 5.74) is -0.734. The fourth-order valence-corrected chi connectivity index (χ4v) is 3.75. The molecule has 0 heterocycles. The standard InChI is InChI=1S/C18H29IO3Si/c1-7-21-16(20)18(13-10-14-19)12-9-8-11-15(18)22-23(5,6)17(2,3)4/h11H,7-9,12-13H2,1-6H3. The highest BCUT2D eigenvalue weighted by Crippen LogP contribution is 2.47. The first-order valence-corrected chi connectivity index (χ1v) is 12.2. The second kappa shape index (κ2) is 8.06. The van der Waals surface area contributed by atoms with Crippen molar-refractivity contribution in [2.45, 2.75) is 71.5 Å². The van der Waals surface area contributed by atoms with Crippen molar-refractivity contribution >= 4 is 36.9 Å². The van der Waals surface area contributed by atoms with E-state index in [-0.39, 0.29) is 11.0 Å². The van der Waals surface area contributed by atoms with Crippen LogP contribution >= 0.6 is 22.6 Å². The van der Waals surface area contributed by atoms with E-state index in [1.807, 2.05) is 29.5 Å². The maximum atomic E-state index is 12.8. The van der Waals surface area contributed by atoms with Gasteiger partial charge in [-0.25, -0.2) is 0 Å². The Labute approximate surface area is 155 Å². The summed E-state index contributed by atoms with van der Waals surface area (Å²) in [5.74, 6) is 3.69. The third-order valence-electron chi connectivity index (χ3n) is 4.90. The van der Waals surface area contributed by atoms with Gasteiger partial charge in [0.15, 0.2) is 0 Å². The lowest BCUT2D eigenvalue weighted by molar-refractivity contribution is -0.155. The van der Waals surface area contributed by atoms with Gasteiger partial charge in [0.1, 0.15) is 5.41 Å². The highest BCUT2D eigenvalue weighted by molar-refractivity contribution is 14.1. The number of hydrogen-bond acceptors (Lipinski definition) is 3. The SMILES string of the molecule is CCOC(=O)C1(CC#CI)CCCC=C1O[Si](C)(C)C(C)(C)C. The first-order chi connectivity index (χ1) is 10.6. The van der Waals surface area contributed by atoms with Crippen LogP contribution in [0.5, 0.6) is 0 Å². The zero-order chi connectivity index (χ0) is 17.7. The summed E-state index contributed by atoms with van der Waals surface area (Å²) in [5, 5.41) is 0.0840. The van der Waals surface area contributed by atoms with Gasteiger partial charge >= 0.3 is 5.97 Å². The fraction of sp³-hybridized carbons (Fsp3) is 0.722. The van der Waals surface area contributed by atoms with Gasteiger partial charge in [-0.2, -0.15) is 0 Å². The molecule has 130 valence electrons. The van der Waals surface area contributed by atoms with Crippen LogP contribution in [0.25, 0.3) is 0 Å². The fourth-order valence-electron chi connectivity index (χ4n) is 2.43. The molecule has 0 bridgehead atoms. The Morgan fingerprint density at radius 1 is 1.43 bits per heavy atom. The highest BCUT2D eigenvalue weighted by atomic mass is 127. The number of carbonyl (C=O) groups excluding carboxylic acids is 1. The number of allylic oxidation sites excluding steroid dienone is 1. The molecule has 0 saturated carbocycles. The van der Waals surface area contributed by atoms with E-state index in [1.165, 1.54) is 0 Å². The molecule has 0 aliphatic heterocycles. The Balaban J connectivity index is 3.24. The van der Waals surface area contributed by atoms with Crippen LogP contribution in [0.4, 0.5) is 0 Å². The van der Waals surface area contributed by atoms with E-state index in [9.17, 15) is 4.79 Å². The Morgan fingerprint density at radius 2 is 2.09 bits per heavy atom. The van der Waals surface area contributed by atoms with Crippen molar-refractivity contribution in [1.29, 1.82) is 0 Å².